The highest BCUT2D eigenvalue weighted by Crippen LogP contribution is 2.02. The first-order valence-corrected chi connectivity index (χ1v) is 7.27. The number of aromatic nitrogens is 3. The Morgan fingerprint density at radius 3 is 2.55 bits per heavy atom. The molecular weight excluding hydrogens is 254 g/mol. The van der Waals surface area contributed by atoms with Crippen molar-refractivity contribution < 1.29 is 4.79 Å². The summed E-state index contributed by atoms with van der Waals surface area (Å²) < 4.78 is 1.58. The quantitative estimate of drug-likeness (QED) is 0.794. The number of hydrogen-bond donors (Lipinski definition) is 2. The first-order valence-electron chi connectivity index (χ1n) is 7.27. The molecule has 0 radical (unpaired) electrons. The number of nitrogens with zero attached hydrogens (tertiary/aromatic N) is 3. The summed E-state index contributed by atoms with van der Waals surface area (Å²) >= 11 is 0. The van der Waals surface area contributed by atoms with E-state index < -0.39 is 0 Å². The van der Waals surface area contributed by atoms with Crippen LogP contribution in [0.2, 0.25) is 0 Å². The maximum absolute atomic E-state index is 11.9. The summed E-state index contributed by atoms with van der Waals surface area (Å²) in [6, 6.07) is 0.244. The Labute approximate surface area is 121 Å². The van der Waals surface area contributed by atoms with Gasteiger partial charge in [-0.1, -0.05) is 19.1 Å². The van der Waals surface area contributed by atoms with Crippen LogP contribution in [-0.2, 0) is 17.9 Å². The molecule has 1 rings (SSSR count). The monoisotopic (exact) mass is 281 g/mol. The number of hydrogen-bond acceptors (Lipinski definition) is 4. The molecule has 0 atom stereocenters. The Balaban J connectivity index is 2.45. The van der Waals surface area contributed by atoms with Crippen molar-refractivity contribution in [3.05, 3.63) is 11.9 Å². The number of amides is 1. The first-order chi connectivity index (χ1) is 9.34. The lowest BCUT2D eigenvalue weighted by Gasteiger charge is -2.19. The molecule has 0 aromatic carbocycles. The average Bonchev–Trinajstić information content (AvgIpc) is 2.80. The number of carbonyl (C=O) groups excluding carboxylic acids is 1. The highest BCUT2D eigenvalue weighted by Gasteiger charge is 2.12. The molecule has 1 heterocycles. The zero-order valence-electron chi connectivity index (χ0n) is 13.2. The molecule has 0 spiro atoms. The Morgan fingerprint density at radius 2 is 2.00 bits per heavy atom. The summed E-state index contributed by atoms with van der Waals surface area (Å²) in [5.41, 5.74) is 0.881. The lowest BCUT2D eigenvalue weighted by atomic mass is 10.1. The molecule has 0 fully saturated rings. The fraction of sp³-hybridized carbons (Fsp3) is 0.786. The van der Waals surface area contributed by atoms with Crippen molar-refractivity contribution in [3.63, 3.8) is 0 Å². The maximum atomic E-state index is 11.9. The summed E-state index contributed by atoms with van der Waals surface area (Å²) in [5, 5.41) is 14.4. The molecule has 20 heavy (non-hydrogen) atoms. The van der Waals surface area contributed by atoms with Crippen LogP contribution in [0.15, 0.2) is 6.20 Å². The molecule has 0 unspecified atom stereocenters. The average molecular weight is 281 g/mol. The molecule has 0 aliphatic rings. The van der Waals surface area contributed by atoms with Gasteiger partial charge in [0.25, 0.3) is 0 Å². The van der Waals surface area contributed by atoms with Gasteiger partial charge >= 0.3 is 0 Å². The SMILES string of the molecule is CCC(CC)NC(=O)Cn1cc(CNC(C)(C)C)nn1. The molecule has 0 saturated carbocycles. The largest absolute Gasteiger partial charge is 0.352 e. The van der Waals surface area contributed by atoms with Crippen molar-refractivity contribution in [2.75, 3.05) is 0 Å². The third-order valence-corrected chi connectivity index (χ3v) is 3.04. The standard InChI is InChI=1S/C14H27N5O/c1-6-11(7-2)16-13(20)10-19-9-12(17-18-19)8-15-14(3,4)5/h9,11,15H,6-8,10H2,1-5H3,(H,16,20). The van der Waals surface area contributed by atoms with Crippen molar-refractivity contribution >= 4 is 5.91 Å². The van der Waals surface area contributed by atoms with Crippen molar-refractivity contribution in [2.45, 2.75) is 72.1 Å². The molecule has 6 nitrogen and oxygen atoms in total. The number of rotatable bonds is 7. The van der Waals surface area contributed by atoms with Crippen LogP contribution in [-0.4, -0.2) is 32.5 Å². The van der Waals surface area contributed by atoms with Gasteiger partial charge in [0, 0.05) is 18.1 Å². The number of carbonyl (C=O) groups is 1. The van der Waals surface area contributed by atoms with Crippen LogP contribution in [0.1, 0.15) is 53.2 Å². The van der Waals surface area contributed by atoms with Crippen molar-refractivity contribution in [1.29, 1.82) is 0 Å². The lowest BCUT2D eigenvalue weighted by molar-refractivity contribution is -0.122. The third kappa shape index (κ3) is 6.14. The minimum absolute atomic E-state index is 0.0149. The van der Waals surface area contributed by atoms with Gasteiger partial charge in [-0.25, -0.2) is 4.68 Å². The second-order valence-corrected chi connectivity index (χ2v) is 6.09. The minimum Gasteiger partial charge on any atom is -0.352 e. The molecule has 6 heteroatoms. The molecule has 0 aliphatic heterocycles. The van der Waals surface area contributed by atoms with Crippen molar-refractivity contribution in [3.8, 4) is 0 Å². The maximum Gasteiger partial charge on any atom is 0.242 e. The van der Waals surface area contributed by atoms with Crippen LogP contribution in [0.4, 0.5) is 0 Å². The first kappa shape index (κ1) is 16.6. The lowest BCUT2D eigenvalue weighted by Crippen LogP contribution is -2.36. The summed E-state index contributed by atoms with van der Waals surface area (Å²) in [6.07, 6.45) is 3.70. The van der Waals surface area contributed by atoms with E-state index in [2.05, 4.69) is 55.6 Å². The smallest absolute Gasteiger partial charge is 0.242 e. The van der Waals surface area contributed by atoms with E-state index in [9.17, 15) is 4.79 Å². The second kappa shape index (κ2) is 7.38. The molecule has 2 N–H and O–H groups in total. The number of nitrogens with one attached hydrogen (secondary N) is 2. The van der Waals surface area contributed by atoms with Gasteiger partial charge in [0.15, 0.2) is 0 Å². The van der Waals surface area contributed by atoms with Crippen LogP contribution < -0.4 is 10.6 Å². The fourth-order valence-electron chi connectivity index (χ4n) is 1.77. The van der Waals surface area contributed by atoms with E-state index in [1.54, 1.807) is 4.68 Å². The fourth-order valence-corrected chi connectivity index (χ4v) is 1.77. The van der Waals surface area contributed by atoms with E-state index in [1.165, 1.54) is 0 Å². The van der Waals surface area contributed by atoms with Crippen LogP contribution in [0.3, 0.4) is 0 Å². The molecule has 0 bridgehead atoms. The molecule has 0 aliphatic carbocycles. The molecule has 0 saturated heterocycles. The molecule has 114 valence electrons. The van der Waals surface area contributed by atoms with Crippen LogP contribution in [0.25, 0.3) is 0 Å². The summed E-state index contributed by atoms with van der Waals surface area (Å²) in [6.45, 7) is 11.3. The third-order valence-electron chi connectivity index (χ3n) is 3.04. The molecule has 1 aromatic rings. The molecular formula is C14H27N5O. The van der Waals surface area contributed by atoms with E-state index in [4.69, 9.17) is 0 Å². The highest BCUT2D eigenvalue weighted by atomic mass is 16.2. The zero-order valence-corrected chi connectivity index (χ0v) is 13.2. The highest BCUT2D eigenvalue weighted by molar-refractivity contribution is 5.75. The van der Waals surface area contributed by atoms with Gasteiger partial charge in [0.05, 0.1) is 11.9 Å². The zero-order chi connectivity index (χ0) is 15.2. The van der Waals surface area contributed by atoms with Gasteiger partial charge in [-0.05, 0) is 33.6 Å². The topological polar surface area (TPSA) is 71.8 Å². The minimum atomic E-state index is -0.0149. The predicted octanol–water partition coefficient (Wildman–Crippen LogP) is 1.47. The van der Waals surface area contributed by atoms with E-state index in [0.29, 0.717) is 6.54 Å². The van der Waals surface area contributed by atoms with E-state index >= 15 is 0 Å². The summed E-state index contributed by atoms with van der Waals surface area (Å²) in [4.78, 5) is 11.9. The van der Waals surface area contributed by atoms with Gasteiger partial charge in [-0.15, -0.1) is 5.10 Å². The van der Waals surface area contributed by atoms with E-state index in [1.807, 2.05) is 6.20 Å². The summed E-state index contributed by atoms with van der Waals surface area (Å²) in [5.74, 6) is -0.0149. The normalized spacial score (nSPS) is 11.9. The van der Waals surface area contributed by atoms with Gasteiger partial charge in [0.1, 0.15) is 6.54 Å². The Bertz CT molecular complexity index is 417. The van der Waals surface area contributed by atoms with Gasteiger partial charge in [-0.3, -0.25) is 4.79 Å². The van der Waals surface area contributed by atoms with E-state index in [-0.39, 0.29) is 24.0 Å². The Kier molecular flexibility index (Phi) is 6.13. The van der Waals surface area contributed by atoms with Gasteiger partial charge < -0.3 is 10.6 Å². The Hall–Kier alpha value is -1.43. The van der Waals surface area contributed by atoms with E-state index in [0.717, 1.165) is 18.5 Å². The van der Waals surface area contributed by atoms with Crippen LogP contribution in [0.5, 0.6) is 0 Å². The van der Waals surface area contributed by atoms with Gasteiger partial charge in [0.2, 0.25) is 5.91 Å². The van der Waals surface area contributed by atoms with Crippen molar-refractivity contribution in [2.24, 2.45) is 0 Å². The predicted molar refractivity (Wildman–Crippen MR) is 79.1 cm³/mol. The molecule has 1 aromatic heterocycles. The van der Waals surface area contributed by atoms with Gasteiger partial charge in [-0.2, -0.15) is 0 Å². The second-order valence-electron chi connectivity index (χ2n) is 6.09. The Morgan fingerprint density at radius 1 is 1.35 bits per heavy atom. The molecule has 1 amide bonds. The van der Waals surface area contributed by atoms with Crippen LogP contribution >= 0.6 is 0 Å². The van der Waals surface area contributed by atoms with Crippen molar-refractivity contribution in [1.82, 2.24) is 25.6 Å². The van der Waals surface area contributed by atoms with Crippen LogP contribution in [0, 0.1) is 0 Å². The summed E-state index contributed by atoms with van der Waals surface area (Å²) in [7, 11) is 0.